The van der Waals surface area contributed by atoms with Crippen LogP contribution in [0.25, 0.3) is 0 Å². The number of carbonyl (C=O) groups is 1. The summed E-state index contributed by atoms with van der Waals surface area (Å²) in [7, 11) is 3.28. The van der Waals surface area contributed by atoms with Crippen molar-refractivity contribution in [3.05, 3.63) is 29.3 Å². The van der Waals surface area contributed by atoms with Gasteiger partial charge in [-0.15, -0.1) is 0 Å². The Morgan fingerprint density at radius 1 is 1.33 bits per heavy atom. The Labute approximate surface area is 109 Å². The van der Waals surface area contributed by atoms with Crippen molar-refractivity contribution in [3.8, 4) is 5.75 Å². The van der Waals surface area contributed by atoms with Crippen LogP contribution in [0, 0.1) is 0 Å². The molecule has 0 heterocycles. The third-order valence-electron chi connectivity index (χ3n) is 2.76. The van der Waals surface area contributed by atoms with Crippen LogP contribution in [-0.2, 0) is 16.6 Å². The Bertz CT molecular complexity index is 422. The van der Waals surface area contributed by atoms with Crippen molar-refractivity contribution < 1.29 is 9.53 Å². The van der Waals surface area contributed by atoms with Crippen LogP contribution in [-0.4, -0.2) is 20.1 Å². The molecule has 2 N–H and O–H groups in total. The van der Waals surface area contributed by atoms with Crippen LogP contribution in [0.3, 0.4) is 0 Å². The summed E-state index contributed by atoms with van der Waals surface area (Å²) in [5, 5.41) is 0. The van der Waals surface area contributed by atoms with Gasteiger partial charge in [-0.2, -0.15) is 0 Å². The van der Waals surface area contributed by atoms with E-state index in [2.05, 4.69) is 31.6 Å². The van der Waals surface area contributed by atoms with Gasteiger partial charge in [0.05, 0.1) is 13.5 Å². The summed E-state index contributed by atoms with van der Waals surface area (Å²) < 4.78 is 5.29. The highest BCUT2D eigenvalue weighted by atomic mass is 16.5. The molecule has 0 unspecified atom stereocenters. The van der Waals surface area contributed by atoms with Gasteiger partial charge in [0, 0.05) is 12.6 Å². The van der Waals surface area contributed by atoms with E-state index in [1.807, 2.05) is 18.2 Å². The van der Waals surface area contributed by atoms with Crippen molar-refractivity contribution in [3.63, 3.8) is 0 Å². The fraction of sp³-hybridized carbons (Fsp3) is 0.500. The quantitative estimate of drug-likeness (QED) is 0.801. The predicted molar refractivity (Wildman–Crippen MR) is 72.6 cm³/mol. The monoisotopic (exact) mass is 250 g/mol. The Kier molecular flexibility index (Phi) is 4.73. The summed E-state index contributed by atoms with van der Waals surface area (Å²) in [6, 6.07) is 5.99. The molecule has 0 aliphatic heterocycles. The van der Waals surface area contributed by atoms with Crippen LogP contribution in [0.15, 0.2) is 18.2 Å². The molecule has 0 saturated carbocycles. The van der Waals surface area contributed by atoms with Gasteiger partial charge >= 0.3 is 0 Å². The maximum absolute atomic E-state index is 11.6. The van der Waals surface area contributed by atoms with Crippen molar-refractivity contribution in [2.45, 2.75) is 32.6 Å². The number of carbonyl (C=O) groups excluding carboxylic acids is 1. The van der Waals surface area contributed by atoms with Crippen molar-refractivity contribution in [1.29, 1.82) is 0 Å². The predicted octanol–water partition coefficient (Wildman–Crippen LogP) is 1.79. The normalized spacial score (nSPS) is 11.2. The molecule has 0 aromatic heterocycles. The van der Waals surface area contributed by atoms with E-state index in [1.54, 1.807) is 14.2 Å². The molecule has 1 aromatic carbocycles. The number of benzene rings is 1. The molecular weight excluding hydrogens is 228 g/mol. The number of hydrogen-bond donors (Lipinski definition) is 2. The first kappa shape index (κ1) is 14.5. The van der Waals surface area contributed by atoms with Gasteiger partial charge in [-0.1, -0.05) is 32.9 Å². The number of nitrogens with one attached hydrogen (secondary N) is 2. The second-order valence-corrected chi connectivity index (χ2v) is 5.25. The molecule has 4 nitrogen and oxygen atoms in total. The summed E-state index contributed by atoms with van der Waals surface area (Å²) >= 11 is 0. The zero-order valence-corrected chi connectivity index (χ0v) is 11.8. The van der Waals surface area contributed by atoms with Gasteiger partial charge < -0.3 is 4.74 Å². The van der Waals surface area contributed by atoms with Gasteiger partial charge in [-0.3, -0.25) is 10.2 Å². The number of methoxy groups -OCH3 is 1. The molecule has 0 atom stereocenters. The lowest BCUT2D eigenvalue weighted by Crippen LogP contribution is -2.35. The lowest BCUT2D eigenvalue weighted by Gasteiger charge is -2.21. The highest BCUT2D eigenvalue weighted by molar-refractivity contribution is 5.78. The molecule has 0 saturated heterocycles. The van der Waals surface area contributed by atoms with E-state index in [1.165, 1.54) is 5.56 Å². The summed E-state index contributed by atoms with van der Waals surface area (Å²) in [6.07, 6.45) is 0.300. The zero-order chi connectivity index (χ0) is 13.8. The van der Waals surface area contributed by atoms with Gasteiger partial charge in [-0.25, -0.2) is 5.43 Å². The number of rotatable bonds is 4. The van der Waals surface area contributed by atoms with Crippen LogP contribution in [0.5, 0.6) is 5.75 Å². The molecule has 1 aromatic rings. The van der Waals surface area contributed by atoms with Crippen LogP contribution in [0.1, 0.15) is 31.9 Å². The maximum atomic E-state index is 11.6. The maximum Gasteiger partial charge on any atom is 0.238 e. The van der Waals surface area contributed by atoms with E-state index in [0.717, 1.165) is 11.3 Å². The Morgan fingerprint density at radius 2 is 2.00 bits per heavy atom. The van der Waals surface area contributed by atoms with Crippen molar-refractivity contribution in [2.24, 2.45) is 0 Å². The summed E-state index contributed by atoms with van der Waals surface area (Å²) in [5.41, 5.74) is 7.34. The molecule has 0 aliphatic carbocycles. The standard InChI is InChI=1S/C14H22N2O2/c1-14(2,3)11-6-7-12(18-5)10(8-11)9-13(17)16-15-4/h6-8,15H,9H2,1-5H3,(H,16,17). The molecule has 0 spiro atoms. The topological polar surface area (TPSA) is 50.4 Å². The van der Waals surface area contributed by atoms with Gasteiger partial charge in [0.15, 0.2) is 0 Å². The zero-order valence-electron chi connectivity index (χ0n) is 11.8. The second-order valence-electron chi connectivity index (χ2n) is 5.25. The van der Waals surface area contributed by atoms with Crippen molar-refractivity contribution in [2.75, 3.05) is 14.2 Å². The number of hydrogen-bond acceptors (Lipinski definition) is 3. The first-order chi connectivity index (χ1) is 8.38. The number of hydrazine groups is 1. The SMILES string of the molecule is CNNC(=O)Cc1cc(C(C)(C)C)ccc1OC. The van der Waals surface area contributed by atoms with Crippen LogP contribution >= 0.6 is 0 Å². The molecular formula is C14H22N2O2. The van der Waals surface area contributed by atoms with E-state index in [4.69, 9.17) is 4.74 Å². The molecule has 100 valence electrons. The first-order valence-electron chi connectivity index (χ1n) is 6.01. The van der Waals surface area contributed by atoms with Crippen molar-refractivity contribution in [1.82, 2.24) is 10.9 Å². The fourth-order valence-electron chi connectivity index (χ4n) is 1.74. The minimum atomic E-state index is -0.0816. The molecule has 0 radical (unpaired) electrons. The lowest BCUT2D eigenvalue weighted by atomic mass is 9.85. The average Bonchev–Trinajstić information content (AvgIpc) is 2.28. The van der Waals surface area contributed by atoms with Crippen LogP contribution in [0.4, 0.5) is 0 Å². The molecule has 1 rings (SSSR count). The van der Waals surface area contributed by atoms with Crippen LogP contribution in [0.2, 0.25) is 0 Å². The number of ether oxygens (including phenoxy) is 1. The second kappa shape index (κ2) is 5.87. The van der Waals surface area contributed by atoms with Crippen molar-refractivity contribution >= 4 is 5.91 Å². The summed E-state index contributed by atoms with van der Waals surface area (Å²) in [5.74, 6) is 0.663. The highest BCUT2D eigenvalue weighted by Crippen LogP contribution is 2.28. The molecule has 0 bridgehead atoms. The molecule has 18 heavy (non-hydrogen) atoms. The van der Waals surface area contributed by atoms with E-state index < -0.39 is 0 Å². The van der Waals surface area contributed by atoms with E-state index in [9.17, 15) is 4.79 Å². The smallest absolute Gasteiger partial charge is 0.238 e. The van der Waals surface area contributed by atoms with E-state index in [-0.39, 0.29) is 11.3 Å². The minimum Gasteiger partial charge on any atom is -0.496 e. The minimum absolute atomic E-state index is 0.0561. The lowest BCUT2D eigenvalue weighted by molar-refractivity contribution is -0.121. The van der Waals surface area contributed by atoms with E-state index >= 15 is 0 Å². The Hall–Kier alpha value is -1.55. The highest BCUT2D eigenvalue weighted by Gasteiger charge is 2.17. The average molecular weight is 250 g/mol. The Balaban J connectivity index is 3.03. The van der Waals surface area contributed by atoms with Gasteiger partial charge in [0.25, 0.3) is 0 Å². The fourth-order valence-corrected chi connectivity index (χ4v) is 1.74. The summed E-state index contributed by atoms with van der Waals surface area (Å²) in [4.78, 5) is 11.6. The third-order valence-corrected chi connectivity index (χ3v) is 2.76. The van der Waals surface area contributed by atoms with Gasteiger partial charge in [-0.05, 0) is 17.0 Å². The third kappa shape index (κ3) is 3.74. The van der Waals surface area contributed by atoms with Crippen LogP contribution < -0.4 is 15.6 Å². The molecule has 4 heteroatoms. The first-order valence-corrected chi connectivity index (χ1v) is 6.01. The Morgan fingerprint density at radius 3 is 2.50 bits per heavy atom. The number of amides is 1. The summed E-state index contributed by atoms with van der Waals surface area (Å²) in [6.45, 7) is 6.44. The van der Waals surface area contributed by atoms with Gasteiger partial charge in [0.1, 0.15) is 5.75 Å². The largest absolute Gasteiger partial charge is 0.496 e. The van der Waals surface area contributed by atoms with E-state index in [0.29, 0.717) is 6.42 Å². The van der Waals surface area contributed by atoms with Gasteiger partial charge in [0.2, 0.25) is 5.91 Å². The molecule has 1 amide bonds. The molecule has 0 fully saturated rings. The molecule has 0 aliphatic rings.